The molecule has 9 nitrogen and oxygen atoms in total. The smallest absolute Gasteiger partial charge is 0.319 e. The molecule has 0 amide bonds. The van der Waals surface area contributed by atoms with Gasteiger partial charge in [0.05, 0.1) is 12.2 Å². The van der Waals surface area contributed by atoms with Crippen LogP contribution < -0.4 is 5.32 Å². The second-order valence-corrected chi connectivity index (χ2v) is 14.4. The molecular formula is C31H57N3O6. The Kier molecular flexibility index (Phi) is 11.2. The zero-order chi connectivity index (χ0) is 30.0. The Morgan fingerprint density at radius 1 is 1.07 bits per heavy atom. The molecule has 0 radical (unpaired) electrons. The van der Waals surface area contributed by atoms with Crippen LogP contribution in [0.3, 0.4) is 0 Å². The summed E-state index contributed by atoms with van der Waals surface area (Å²) < 4.78 is 18.7. The number of hydrogen-bond acceptors (Lipinski definition) is 9. The number of hydrogen-bond donors (Lipinski definition) is 2. The van der Waals surface area contributed by atoms with E-state index in [4.69, 9.17) is 14.2 Å². The fraction of sp³-hybridized carbons (Fsp3) is 0.935. The molecule has 3 saturated heterocycles. The Morgan fingerprint density at radius 3 is 2.30 bits per heavy atom. The number of ether oxygens (including phenoxy) is 3. The molecule has 40 heavy (non-hydrogen) atoms. The Hall–Kier alpha value is -1.10. The number of cyclic esters (lactones) is 1. The maximum atomic E-state index is 14.1. The van der Waals surface area contributed by atoms with Crippen molar-refractivity contribution in [2.45, 2.75) is 111 Å². The van der Waals surface area contributed by atoms with Gasteiger partial charge in [0.1, 0.15) is 18.1 Å². The number of nitrogens with zero attached hydrogens (tertiary/aromatic N) is 2. The second kappa shape index (κ2) is 13.5. The first-order chi connectivity index (χ1) is 18.6. The second-order valence-electron chi connectivity index (χ2n) is 14.4. The van der Waals surface area contributed by atoms with Crippen LogP contribution in [0.5, 0.6) is 0 Å². The van der Waals surface area contributed by atoms with Gasteiger partial charge in [-0.25, -0.2) is 0 Å². The number of Topliss-reactive ketones (excluding diaryl/α,β-unsaturated/α-hetero) is 1. The number of likely N-dealkylation sites (N-methyl/N-ethyl adjacent to an activating group) is 2. The van der Waals surface area contributed by atoms with E-state index in [2.05, 4.69) is 38.0 Å². The zero-order valence-electron chi connectivity index (χ0n) is 26.7. The van der Waals surface area contributed by atoms with Gasteiger partial charge in [-0.2, -0.15) is 0 Å². The van der Waals surface area contributed by atoms with Crippen molar-refractivity contribution in [2.24, 2.45) is 28.6 Å². The Labute approximate surface area is 242 Å². The summed E-state index contributed by atoms with van der Waals surface area (Å²) in [5.74, 6) is -0.593. The minimum Gasteiger partial charge on any atom is -0.463 e. The molecule has 3 aliphatic heterocycles. The van der Waals surface area contributed by atoms with Crippen LogP contribution in [0, 0.1) is 28.6 Å². The molecule has 0 bridgehead atoms. The molecule has 0 aliphatic carbocycles. The summed E-state index contributed by atoms with van der Waals surface area (Å²) in [5, 5.41) is 14.7. The molecule has 3 fully saturated rings. The van der Waals surface area contributed by atoms with Gasteiger partial charge in [-0.1, -0.05) is 27.7 Å². The summed E-state index contributed by atoms with van der Waals surface area (Å²) in [5.41, 5.74) is -1.77. The third-order valence-corrected chi connectivity index (χ3v) is 9.67. The summed E-state index contributed by atoms with van der Waals surface area (Å²) in [7, 11) is 6.02. The van der Waals surface area contributed by atoms with Crippen LogP contribution in [-0.2, 0) is 23.8 Å². The summed E-state index contributed by atoms with van der Waals surface area (Å²) in [6, 6.07) is -0.0217. The lowest BCUT2D eigenvalue weighted by atomic mass is 9.69. The predicted octanol–water partition coefficient (Wildman–Crippen LogP) is 2.94. The molecular weight excluding hydrogens is 510 g/mol. The minimum atomic E-state index is -1.33. The Morgan fingerprint density at radius 2 is 1.70 bits per heavy atom. The van der Waals surface area contributed by atoms with E-state index in [1.54, 1.807) is 13.8 Å². The maximum Gasteiger partial charge on any atom is 0.319 e. The molecule has 0 unspecified atom stereocenters. The van der Waals surface area contributed by atoms with Gasteiger partial charge in [0.2, 0.25) is 0 Å². The van der Waals surface area contributed by atoms with Gasteiger partial charge < -0.3 is 29.5 Å². The minimum absolute atomic E-state index is 0.1000. The molecule has 232 valence electrons. The number of carbonyl (C=O) groups is 2. The standard InChI is InChI=1S/C31H57N3O6/c1-19-16-30(4,5)27(40-28-25(35)23(33(8)9)15-20(2)39-28)21(3)26(36)31(6,7)29(37)38-18-24(34(10)17-19)22-11-13-32-14-12-22/h19-25,27-28,32,35H,11-18H2,1-10H3/t19-,20-,21+,23+,24+,25-,27-,28+/m1/s1. The zero-order valence-corrected chi connectivity index (χ0v) is 26.7. The van der Waals surface area contributed by atoms with Gasteiger partial charge in [0.15, 0.2) is 12.1 Å². The van der Waals surface area contributed by atoms with E-state index in [9.17, 15) is 14.7 Å². The molecule has 3 rings (SSSR count). The highest BCUT2D eigenvalue weighted by atomic mass is 16.7. The Balaban J connectivity index is 1.95. The van der Waals surface area contributed by atoms with E-state index < -0.39 is 41.2 Å². The summed E-state index contributed by atoms with van der Waals surface area (Å²) in [6.45, 7) is 16.7. The van der Waals surface area contributed by atoms with Crippen LogP contribution in [0.1, 0.15) is 74.1 Å². The van der Waals surface area contributed by atoms with E-state index in [-0.39, 0.29) is 30.6 Å². The lowest BCUT2D eigenvalue weighted by molar-refractivity contribution is -0.285. The number of rotatable bonds is 4. The van der Waals surface area contributed by atoms with Crippen molar-refractivity contribution in [2.75, 3.05) is 47.4 Å². The number of nitrogens with one attached hydrogen (secondary N) is 1. The molecule has 2 N–H and O–H groups in total. The normalized spacial score (nSPS) is 39.2. The van der Waals surface area contributed by atoms with E-state index >= 15 is 0 Å². The van der Waals surface area contributed by atoms with Crippen LogP contribution in [0.4, 0.5) is 0 Å². The topological polar surface area (TPSA) is 101 Å². The molecule has 0 spiro atoms. The van der Waals surface area contributed by atoms with Crippen molar-refractivity contribution in [1.82, 2.24) is 15.1 Å². The first kappa shape index (κ1) is 33.4. The van der Waals surface area contributed by atoms with Crippen molar-refractivity contribution in [1.29, 1.82) is 0 Å². The van der Waals surface area contributed by atoms with Crippen molar-refractivity contribution in [3.8, 4) is 0 Å². The third-order valence-electron chi connectivity index (χ3n) is 9.67. The third kappa shape index (κ3) is 7.64. The predicted molar refractivity (Wildman–Crippen MR) is 156 cm³/mol. The first-order valence-electron chi connectivity index (χ1n) is 15.3. The summed E-state index contributed by atoms with van der Waals surface area (Å²) in [6.07, 6.45) is 1.17. The number of carbonyl (C=O) groups excluding carboxylic acids is 2. The van der Waals surface area contributed by atoms with Crippen molar-refractivity contribution < 1.29 is 28.9 Å². The lowest BCUT2D eigenvalue weighted by Gasteiger charge is -2.46. The highest BCUT2D eigenvalue weighted by Gasteiger charge is 2.50. The number of esters is 1. The Bertz CT molecular complexity index is 858. The average Bonchev–Trinajstić information content (AvgIpc) is 2.87. The van der Waals surface area contributed by atoms with Crippen molar-refractivity contribution >= 4 is 11.8 Å². The molecule has 0 aromatic rings. The van der Waals surface area contributed by atoms with Gasteiger partial charge in [-0.3, -0.25) is 14.5 Å². The molecule has 0 aromatic carbocycles. The maximum absolute atomic E-state index is 14.1. The number of piperidine rings is 1. The van der Waals surface area contributed by atoms with E-state index in [0.29, 0.717) is 18.3 Å². The van der Waals surface area contributed by atoms with Crippen LogP contribution in [0.25, 0.3) is 0 Å². The van der Waals surface area contributed by atoms with Gasteiger partial charge in [-0.15, -0.1) is 0 Å². The van der Waals surface area contributed by atoms with Gasteiger partial charge in [0, 0.05) is 24.5 Å². The van der Waals surface area contributed by atoms with Crippen molar-refractivity contribution in [3.63, 3.8) is 0 Å². The molecule has 3 heterocycles. The fourth-order valence-electron chi connectivity index (χ4n) is 7.48. The molecule has 9 heteroatoms. The number of aliphatic hydroxyl groups is 1. The van der Waals surface area contributed by atoms with Crippen LogP contribution >= 0.6 is 0 Å². The highest BCUT2D eigenvalue weighted by Crippen LogP contribution is 2.41. The monoisotopic (exact) mass is 567 g/mol. The van der Waals surface area contributed by atoms with Gasteiger partial charge >= 0.3 is 5.97 Å². The number of aliphatic hydroxyl groups excluding tert-OH is 1. The van der Waals surface area contributed by atoms with Crippen LogP contribution in [-0.4, -0.2) is 111 Å². The number of ketones is 1. The van der Waals surface area contributed by atoms with E-state index in [0.717, 1.165) is 38.9 Å². The van der Waals surface area contributed by atoms with E-state index in [1.807, 2.05) is 32.8 Å². The van der Waals surface area contributed by atoms with Crippen LogP contribution in [0.15, 0.2) is 0 Å². The summed E-state index contributed by atoms with van der Waals surface area (Å²) >= 11 is 0. The molecule has 0 aromatic heterocycles. The van der Waals surface area contributed by atoms with Gasteiger partial charge in [0.25, 0.3) is 0 Å². The summed E-state index contributed by atoms with van der Waals surface area (Å²) in [4.78, 5) is 31.9. The molecule has 8 atom stereocenters. The molecule has 3 aliphatic rings. The van der Waals surface area contributed by atoms with E-state index in [1.165, 1.54) is 0 Å². The highest BCUT2D eigenvalue weighted by molar-refractivity contribution is 6.04. The molecule has 0 saturated carbocycles. The fourth-order valence-corrected chi connectivity index (χ4v) is 7.48. The van der Waals surface area contributed by atoms with Crippen LogP contribution in [0.2, 0.25) is 0 Å². The lowest BCUT2D eigenvalue weighted by Crippen LogP contribution is -2.57. The SMILES string of the molecule is C[C@H]1CN(C)[C@H](C2CCNCC2)COC(=O)C(C)(C)C(=O)[C@H](C)[C@@H](O[C@@H]2O[C@H](C)C[C@H](N(C)C)[C@H]2O)C(C)(C)C1. The largest absolute Gasteiger partial charge is 0.463 e. The average molecular weight is 568 g/mol. The quantitative estimate of drug-likeness (QED) is 0.392. The van der Waals surface area contributed by atoms with Gasteiger partial charge in [-0.05, 0) is 97.9 Å². The first-order valence-corrected chi connectivity index (χ1v) is 15.3. The van der Waals surface area contributed by atoms with Crippen molar-refractivity contribution in [3.05, 3.63) is 0 Å².